The molecule has 0 aromatic heterocycles. The molecule has 10 atom stereocenters. The standard InChI is InChI=1S/C20H36O7/c1-5-6-7-10-11-8-13(20(4,17(10)25)19(11,2)3)27-18-16(24)15(23)14(22)12(9-21)26-18/h10-18,21-25H,5-9H2,1-4H3. The van der Waals surface area contributed by atoms with Crippen LogP contribution in [0.4, 0.5) is 0 Å². The molecule has 1 heterocycles. The molecule has 27 heavy (non-hydrogen) atoms. The lowest BCUT2D eigenvalue weighted by atomic mass is 9.68. The topological polar surface area (TPSA) is 120 Å². The number of ether oxygens (including phenoxy) is 2. The van der Waals surface area contributed by atoms with Gasteiger partial charge in [-0.25, -0.2) is 0 Å². The number of rotatable bonds is 6. The maximum absolute atomic E-state index is 11.1. The third-order valence-electron chi connectivity index (χ3n) is 8.03. The molecule has 0 radical (unpaired) electrons. The van der Waals surface area contributed by atoms with Crippen LogP contribution in [0.1, 0.15) is 53.4 Å². The summed E-state index contributed by atoms with van der Waals surface area (Å²) in [6, 6.07) is 0. The van der Waals surface area contributed by atoms with Gasteiger partial charge >= 0.3 is 0 Å². The Kier molecular flexibility index (Phi) is 5.97. The van der Waals surface area contributed by atoms with E-state index in [1.54, 1.807) is 0 Å². The highest BCUT2D eigenvalue weighted by Gasteiger charge is 2.70. The van der Waals surface area contributed by atoms with Crippen molar-refractivity contribution in [1.29, 1.82) is 0 Å². The zero-order chi connectivity index (χ0) is 20.1. The lowest BCUT2D eigenvalue weighted by Gasteiger charge is -2.46. The molecule has 7 heteroatoms. The van der Waals surface area contributed by atoms with E-state index in [0.717, 1.165) is 25.7 Å². The molecule has 5 N–H and O–H groups in total. The molecule has 0 aromatic rings. The second-order valence-electron chi connectivity index (χ2n) is 9.42. The van der Waals surface area contributed by atoms with Crippen LogP contribution >= 0.6 is 0 Å². The summed E-state index contributed by atoms with van der Waals surface area (Å²) in [5, 5.41) is 50.8. The summed E-state index contributed by atoms with van der Waals surface area (Å²) in [6.45, 7) is 8.05. The van der Waals surface area contributed by atoms with Gasteiger partial charge in [0.2, 0.25) is 0 Å². The van der Waals surface area contributed by atoms with Crippen molar-refractivity contribution in [3.63, 3.8) is 0 Å². The average molecular weight is 389 g/mol. The minimum atomic E-state index is -1.46. The van der Waals surface area contributed by atoms with Crippen molar-refractivity contribution in [3.05, 3.63) is 0 Å². The summed E-state index contributed by atoms with van der Waals surface area (Å²) in [7, 11) is 0. The van der Waals surface area contributed by atoms with Gasteiger partial charge in [-0.2, -0.15) is 0 Å². The van der Waals surface area contributed by atoms with E-state index in [1.165, 1.54) is 0 Å². The van der Waals surface area contributed by atoms with Gasteiger partial charge in [0.15, 0.2) is 6.29 Å². The minimum absolute atomic E-state index is 0.135. The van der Waals surface area contributed by atoms with Crippen LogP contribution in [-0.2, 0) is 9.47 Å². The number of fused-ring (bicyclic) bond motifs is 2. The molecule has 2 aliphatic carbocycles. The number of hydrogen-bond donors (Lipinski definition) is 5. The van der Waals surface area contributed by atoms with Crippen LogP contribution < -0.4 is 0 Å². The lowest BCUT2D eigenvalue weighted by molar-refractivity contribution is -0.323. The first kappa shape index (κ1) is 21.4. The lowest BCUT2D eigenvalue weighted by Crippen LogP contribution is -2.61. The first-order valence-corrected chi connectivity index (χ1v) is 10.2. The van der Waals surface area contributed by atoms with E-state index in [9.17, 15) is 25.5 Å². The zero-order valence-electron chi connectivity index (χ0n) is 16.8. The van der Waals surface area contributed by atoms with Gasteiger partial charge in [0.25, 0.3) is 0 Å². The highest BCUT2D eigenvalue weighted by atomic mass is 16.7. The number of hydrogen-bond acceptors (Lipinski definition) is 7. The Labute approximate surface area is 161 Å². The Hall–Kier alpha value is -0.280. The Balaban J connectivity index is 1.77. The van der Waals surface area contributed by atoms with Crippen molar-refractivity contribution in [2.24, 2.45) is 22.7 Å². The summed E-state index contributed by atoms with van der Waals surface area (Å²) >= 11 is 0. The van der Waals surface area contributed by atoms with E-state index < -0.39 is 48.8 Å². The van der Waals surface area contributed by atoms with E-state index in [2.05, 4.69) is 20.8 Å². The van der Waals surface area contributed by atoms with Crippen molar-refractivity contribution in [2.75, 3.05) is 6.61 Å². The van der Waals surface area contributed by atoms with Gasteiger partial charge in [0.05, 0.1) is 18.8 Å². The van der Waals surface area contributed by atoms with Crippen LogP contribution in [-0.4, -0.2) is 75.1 Å². The summed E-state index contributed by atoms with van der Waals surface area (Å²) < 4.78 is 11.6. The Bertz CT molecular complexity index is 524. The van der Waals surface area contributed by atoms with Gasteiger partial charge in [-0.1, -0.05) is 40.5 Å². The normalized spacial score (nSPS) is 51.7. The molecule has 2 bridgehead atoms. The summed E-state index contributed by atoms with van der Waals surface area (Å²) in [4.78, 5) is 0. The smallest absolute Gasteiger partial charge is 0.186 e. The second-order valence-corrected chi connectivity index (χ2v) is 9.42. The minimum Gasteiger partial charge on any atom is -0.394 e. The monoisotopic (exact) mass is 388 g/mol. The molecule has 3 rings (SSSR count). The van der Waals surface area contributed by atoms with E-state index in [0.29, 0.717) is 5.92 Å². The van der Waals surface area contributed by atoms with Crippen molar-refractivity contribution < 1.29 is 35.0 Å². The highest BCUT2D eigenvalue weighted by molar-refractivity contribution is 5.18. The van der Waals surface area contributed by atoms with Crippen LogP contribution in [0.5, 0.6) is 0 Å². The SMILES string of the molecule is CCCCC1C2CC(OC3OC(CO)C(O)C(O)C3O)C(C)(C1O)C2(C)C. The number of unbranched alkanes of at least 4 members (excludes halogenated alkanes) is 1. The average Bonchev–Trinajstić information content (AvgIpc) is 2.91. The molecule has 7 nitrogen and oxygen atoms in total. The quantitative estimate of drug-likeness (QED) is 0.447. The molecule has 1 aliphatic heterocycles. The Morgan fingerprint density at radius 3 is 2.26 bits per heavy atom. The van der Waals surface area contributed by atoms with E-state index >= 15 is 0 Å². The third-order valence-corrected chi connectivity index (χ3v) is 8.03. The van der Waals surface area contributed by atoms with Crippen molar-refractivity contribution in [3.8, 4) is 0 Å². The van der Waals surface area contributed by atoms with Crippen molar-refractivity contribution in [1.82, 2.24) is 0 Å². The second kappa shape index (κ2) is 7.52. The van der Waals surface area contributed by atoms with E-state index in [-0.39, 0.29) is 17.4 Å². The Morgan fingerprint density at radius 1 is 1.04 bits per heavy atom. The van der Waals surface area contributed by atoms with Crippen molar-refractivity contribution in [2.45, 2.75) is 96.3 Å². The molecule has 2 saturated carbocycles. The van der Waals surface area contributed by atoms with Crippen LogP contribution in [0.3, 0.4) is 0 Å². The molecule has 3 aliphatic rings. The van der Waals surface area contributed by atoms with Crippen molar-refractivity contribution >= 4 is 0 Å². The number of aliphatic hydroxyl groups is 5. The van der Waals surface area contributed by atoms with Gasteiger partial charge in [0, 0.05) is 5.41 Å². The third kappa shape index (κ3) is 3.06. The van der Waals surface area contributed by atoms with Gasteiger partial charge in [0.1, 0.15) is 24.4 Å². The summed E-state index contributed by atoms with van der Waals surface area (Å²) in [5.74, 6) is 0.540. The van der Waals surface area contributed by atoms with Crippen LogP contribution in [0.15, 0.2) is 0 Å². The van der Waals surface area contributed by atoms with E-state index in [4.69, 9.17) is 9.47 Å². The maximum Gasteiger partial charge on any atom is 0.186 e. The fraction of sp³-hybridized carbons (Fsp3) is 1.00. The van der Waals surface area contributed by atoms with Crippen LogP contribution in [0.2, 0.25) is 0 Å². The largest absolute Gasteiger partial charge is 0.394 e. The first-order chi connectivity index (χ1) is 12.6. The van der Waals surface area contributed by atoms with Gasteiger partial charge in [-0.05, 0) is 30.1 Å². The zero-order valence-corrected chi connectivity index (χ0v) is 16.8. The van der Waals surface area contributed by atoms with Gasteiger partial charge < -0.3 is 35.0 Å². The molecule has 10 unspecified atom stereocenters. The van der Waals surface area contributed by atoms with E-state index in [1.807, 2.05) is 6.92 Å². The van der Waals surface area contributed by atoms with Gasteiger partial charge in [-0.3, -0.25) is 0 Å². The molecule has 0 amide bonds. The highest BCUT2D eigenvalue weighted by Crippen LogP contribution is 2.69. The predicted molar refractivity (Wildman–Crippen MR) is 97.7 cm³/mol. The van der Waals surface area contributed by atoms with Crippen LogP contribution in [0, 0.1) is 22.7 Å². The summed E-state index contributed by atoms with van der Waals surface area (Å²) in [5.41, 5.74) is -0.640. The molecule has 0 spiro atoms. The summed E-state index contributed by atoms with van der Waals surface area (Å²) in [6.07, 6.45) is -3.34. The first-order valence-electron chi connectivity index (χ1n) is 10.2. The molecular weight excluding hydrogens is 352 g/mol. The fourth-order valence-electron chi connectivity index (χ4n) is 5.87. The molecule has 1 saturated heterocycles. The van der Waals surface area contributed by atoms with Gasteiger partial charge in [-0.15, -0.1) is 0 Å². The van der Waals surface area contributed by atoms with Crippen LogP contribution in [0.25, 0.3) is 0 Å². The Morgan fingerprint density at radius 2 is 1.70 bits per heavy atom. The number of aliphatic hydroxyl groups excluding tert-OH is 5. The maximum atomic E-state index is 11.1. The fourth-order valence-corrected chi connectivity index (χ4v) is 5.87. The molecule has 3 fully saturated rings. The predicted octanol–water partition coefficient (Wildman–Crippen LogP) is 0.405. The molecule has 158 valence electrons. The molecule has 0 aromatic carbocycles. The molecular formula is C20H36O7.